The molecule has 0 spiro atoms. The Bertz CT molecular complexity index is 344. The van der Waals surface area contributed by atoms with Crippen LogP contribution in [0.2, 0.25) is 0 Å². The van der Waals surface area contributed by atoms with Crippen LogP contribution in [-0.2, 0) is 5.41 Å². The van der Waals surface area contributed by atoms with Crippen LogP contribution in [0, 0.1) is 5.41 Å². The van der Waals surface area contributed by atoms with E-state index in [1.807, 2.05) is 0 Å². The number of anilines is 1. The molecular formula is C12H23N3S. The third-order valence-corrected chi connectivity index (χ3v) is 3.38. The lowest BCUT2D eigenvalue weighted by Crippen LogP contribution is -2.30. The number of nitrogens with zero attached hydrogens (tertiary/aromatic N) is 2. The van der Waals surface area contributed by atoms with Crippen LogP contribution >= 0.6 is 11.5 Å². The molecule has 1 unspecified atom stereocenters. The van der Waals surface area contributed by atoms with Crippen molar-refractivity contribution in [2.24, 2.45) is 5.41 Å². The Kier molecular flexibility index (Phi) is 3.62. The molecule has 3 nitrogen and oxygen atoms in total. The molecule has 1 aromatic rings. The predicted octanol–water partition coefficient (Wildman–Crippen LogP) is 3.68. The molecule has 92 valence electrons. The van der Waals surface area contributed by atoms with Gasteiger partial charge in [0.1, 0.15) is 5.82 Å². The molecule has 16 heavy (non-hydrogen) atoms. The van der Waals surface area contributed by atoms with Gasteiger partial charge >= 0.3 is 0 Å². The van der Waals surface area contributed by atoms with Crippen molar-refractivity contribution in [1.82, 2.24) is 9.36 Å². The zero-order valence-electron chi connectivity index (χ0n) is 11.4. The third-order valence-electron chi connectivity index (χ3n) is 2.74. The molecular weight excluding hydrogens is 218 g/mol. The van der Waals surface area contributed by atoms with Crippen LogP contribution in [0.15, 0.2) is 0 Å². The van der Waals surface area contributed by atoms with Crippen LogP contribution in [0.1, 0.15) is 54.3 Å². The van der Waals surface area contributed by atoms with E-state index in [1.165, 1.54) is 11.5 Å². The van der Waals surface area contributed by atoms with Gasteiger partial charge < -0.3 is 5.32 Å². The second kappa shape index (κ2) is 4.32. The first-order valence-corrected chi connectivity index (χ1v) is 6.49. The van der Waals surface area contributed by atoms with Crippen LogP contribution in [-0.4, -0.2) is 15.4 Å². The quantitative estimate of drug-likeness (QED) is 0.858. The van der Waals surface area contributed by atoms with Gasteiger partial charge in [-0.1, -0.05) is 41.5 Å². The SMILES string of the molecule is CC(Nc1nc(C(C)(C)C)ns1)C(C)(C)C. The highest BCUT2D eigenvalue weighted by Gasteiger charge is 2.23. The molecule has 1 atom stereocenters. The first-order valence-electron chi connectivity index (χ1n) is 5.71. The molecule has 0 amide bonds. The fourth-order valence-corrected chi connectivity index (χ4v) is 1.83. The van der Waals surface area contributed by atoms with Crippen molar-refractivity contribution in [3.8, 4) is 0 Å². The Morgan fingerprint density at radius 3 is 2.06 bits per heavy atom. The van der Waals surface area contributed by atoms with Crippen molar-refractivity contribution >= 4 is 16.7 Å². The Morgan fingerprint density at radius 1 is 1.12 bits per heavy atom. The summed E-state index contributed by atoms with van der Waals surface area (Å²) in [5.41, 5.74) is 0.259. The summed E-state index contributed by atoms with van der Waals surface area (Å²) < 4.78 is 4.39. The van der Waals surface area contributed by atoms with Crippen LogP contribution in [0.4, 0.5) is 5.13 Å². The maximum atomic E-state index is 4.53. The Labute approximate surface area is 103 Å². The summed E-state index contributed by atoms with van der Waals surface area (Å²) in [6.45, 7) is 15.2. The molecule has 0 saturated heterocycles. The van der Waals surface area contributed by atoms with Crippen LogP contribution in [0.5, 0.6) is 0 Å². The summed E-state index contributed by atoms with van der Waals surface area (Å²) in [5.74, 6) is 0.918. The van der Waals surface area contributed by atoms with Gasteiger partial charge in [-0.15, -0.1) is 0 Å². The van der Waals surface area contributed by atoms with Crippen molar-refractivity contribution < 1.29 is 0 Å². The predicted molar refractivity (Wildman–Crippen MR) is 71.1 cm³/mol. The molecule has 1 rings (SSSR count). The lowest BCUT2D eigenvalue weighted by atomic mass is 9.88. The van der Waals surface area contributed by atoms with Crippen molar-refractivity contribution in [3.05, 3.63) is 5.82 Å². The summed E-state index contributed by atoms with van der Waals surface area (Å²) in [6, 6.07) is 0.383. The molecule has 0 radical (unpaired) electrons. The molecule has 1 N–H and O–H groups in total. The normalized spacial score (nSPS) is 14.9. The minimum Gasteiger partial charge on any atom is -0.357 e. The maximum absolute atomic E-state index is 4.53. The summed E-state index contributed by atoms with van der Waals surface area (Å²) in [7, 11) is 0. The number of rotatable bonds is 2. The smallest absolute Gasteiger partial charge is 0.202 e. The summed E-state index contributed by atoms with van der Waals surface area (Å²) >= 11 is 1.45. The first-order chi connectivity index (χ1) is 7.10. The van der Waals surface area contributed by atoms with Gasteiger partial charge in [0, 0.05) is 23.0 Å². The fourth-order valence-electron chi connectivity index (χ4n) is 0.988. The zero-order chi connectivity index (χ0) is 12.6. The van der Waals surface area contributed by atoms with Crippen LogP contribution in [0.25, 0.3) is 0 Å². The lowest BCUT2D eigenvalue weighted by Gasteiger charge is -2.27. The van der Waals surface area contributed by atoms with E-state index >= 15 is 0 Å². The van der Waals surface area contributed by atoms with Gasteiger partial charge in [-0.3, -0.25) is 0 Å². The van der Waals surface area contributed by atoms with E-state index in [-0.39, 0.29) is 10.8 Å². The summed E-state index contributed by atoms with van der Waals surface area (Å²) in [4.78, 5) is 4.53. The molecule has 0 saturated carbocycles. The van der Waals surface area contributed by atoms with E-state index in [4.69, 9.17) is 0 Å². The van der Waals surface area contributed by atoms with E-state index in [0.717, 1.165) is 11.0 Å². The lowest BCUT2D eigenvalue weighted by molar-refractivity contribution is 0.359. The van der Waals surface area contributed by atoms with Gasteiger partial charge in [-0.25, -0.2) is 4.98 Å². The monoisotopic (exact) mass is 241 g/mol. The zero-order valence-corrected chi connectivity index (χ0v) is 12.2. The summed E-state index contributed by atoms with van der Waals surface area (Å²) in [6.07, 6.45) is 0. The molecule has 1 aromatic heterocycles. The Morgan fingerprint density at radius 2 is 1.69 bits per heavy atom. The second-order valence-electron chi connectivity index (χ2n) is 6.41. The number of hydrogen-bond donors (Lipinski definition) is 1. The van der Waals surface area contributed by atoms with Crippen molar-refractivity contribution in [2.45, 2.75) is 59.9 Å². The molecule has 0 aromatic carbocycles. The highest BCUT2D eigenvalue weighted by atomic mass is 32.1. The average Bonchev–Trinajstić information content (AvgIpc) is 2.49. The van der Waals surface area contributed by atoms with E-state index in [2.05, 4.69) is 63.1 Å². The summed E-state index contributed by atoms with van der Waals surface area (Å²) in [5, 5.41) is 4.34. The minimum absolute atomic E-state index is 0.0292. The van der Waals surface area contributed by atoms with E-state index in [9.17, 15) is 0 Å². The standard InChI is InChI=1S/C12H23N3S/c1-8(11(2,3)4)13-10-14-9(15-16-10)12(5,6)7/h8H,1-7H3,(H,13,14,15). The van der Waals surface area contributed by atoms with Gasteiger partial charge in [0.05, 0.1) is 0 Å². The van der Waals surface area contributed by atoms with Gasteiger partial charge in [0.25, 0.3) is 0 Å². The largest absolute Gasteiger partial charge is 0.357 e. The van der Waals surface area contributed by atoms with Crippen molar-refractivity contribution in [1.29, 1.82) is 0 Å². The average molecular weight is 241 g/mol. The first kappa shape index (κ1) is 13.4. The maximum Gasteiger partial charge on any atom is 0.202 e. The highest BCUT2D eigenvalue weighted by molar-refractivity contribution is 7.09. The molecule has 0 aliphatic rings. The molecule has 4 heteroatoms. The van der Waals surface area contributed by atoms with E-state index in [0.29, 0.717) is 6.04 Å². The van der Waals surface area contributed by atoms with Gasteiger partial charge in [0.15, 0.2) is 0 Å². The fraction of sp³-hybridized carbons (Fsp3) is 0.833. The number of nitrogens with one attached hydrogen (secondary N) is 1. The second-order valence-corrected chi connectivity index (χ2v) is 7.16. The van der Waals surface area contributed by atoms with Crippen LogP contribution < -0.4 is 5.32 Å². The van der Waals surface area contributed by atoms with Crippen molar-refractivity contribution in [3.63, 3.8) is 0 Å². The van der Waals surface area contributed by atoms with Gasteiger partial charge in [-0.05, 0) is 12.3 Å². The van der Waals surface area contributed by atoms with E-state index in [1.54, 1.807) is 0 Å². The Balaban J connectivity index is 2.74. The van der Waals surface area contributed by atoms with Gasteiger partial charge in [-0.2, -0.15) is 4.37 Å². The molecule has 0 aliphatic heterocycles. The van der Waals surface area contributed by atoms with E-state index < -0.39 is 0 Å². The minimum atomic E-state index is 0.0292. The highest BCUT2D eigenvalue weighted by Crippen LogP contribution is 2.26. The molecule has 1 heterocycles. The van der Waals surface area contributed by atoms with Crippen LogP contribution in [0.3, 0.4) is 0 Å². The van der Waals surface area contributed by atoms with Gasteiger partial charge in [0.2, 0.25) is 5.13 Å². The third kappa shape index (κ3) is 3.44. The van der Waals surface area contributed by atoms with Crippen molar-refractivity contribution in [2.75, 3.05) is 5.32 Å². The number of hydrogen-bond acceptors (Lipinski definition) is 4. The Hall–Kier alpha value is -0.640. The topological polar surface area (TPSA) is 37.8 Å². The molecule has 0 fully saturated rings. The molecule has 0 bridgehead atoms. The molecule has 0 aliphatic carbocycles. The number of aromatic nitrogens is 2.